The largest absolute Gasteiger partial charge is 0.478 e. The minimum absolute atomic E-state index is 0.0403. The summed E-state index contributed by atoms with van der Waals surface area (Å²) in [6.07, 6.45) is 0.255. The molecule has 6 heteroatoms. The van der Waals surface area contributed by atoms with Crippen molar-refractivity contribution in [3.8, 4) is 0 Å². The highest BCUT2D eigenvalue weighted by molar-refractivity contribution is 6.01. The molecule has 0 aromatic carbocycles. The van der Waals surface area contributed by atoms with Crippen LogP contribution in [0.3, 0.4) is 0 Å². The van der Waals surface area contributed by atoms with Crippen molar-refractivity contribution >= 4 is 17.8 Å². The third-order valence-corrected chi connectivity index (χ3v) is 2.80. The number of hydrogen-bond donors (Lipinski definition) is 2. The fourth-order valence-corrected chi connectivity index (χ4v) is 1.53. The molecule has 2 N–H and O–H groups in total. The Kier molecular flexibility index (Phi) is 4.25. The first-order chi connectivity index (χ1) is 7.93. The molecule has 0 bridgehead atoms. The minimum atomic E-state index is -1.10. The molecule has 6 nitrogen and oxygen atoms in total. The zero-order chi connectivity index (χ0) is 13.0. The van der Waals surface area contributed by atoms with E-state index in [-0.39, 0.29) is 29.4 Å². The molecule has 0 saturated carbocycles. The van der Waals surface area contributed by atoms with Gasteiger partial charge in [-0.3, -0.25) is 9.59 Å². The molecule has 1 saturated heterocycles. The first-order valence-corrected chi connectivity index (χ1v) is 5.40. The van der Waals surface area contributed by atoms with Crippen LogP contribution in [0, 0.1) is 0 Å². The second kappa shape index (κ2) is 5.47. The van der Waals surface area contributed by atoms with Crippen molar-refractivity contribution in [3.05, 3.63) is 11.1 Å². The second-order valence-electron chi connectivity index (χ2n) is 3.95. The molecule has 94 valence electrons. The Hall–Kier alpha value is -1.85. The van der Waals surface area contributed by atoms with Gasteiger partial charge in [0.05, 0.1) is 0 Å². The van der Waals surface area contributed by atoms with E-state index in [9.17, 15) is 14.4 Å². The zero-order valence-corrected chi connectivity index (χ0v) is 9.95. The molecular formula is C11H16N2O4. The molecule has 0 aliphatic carbocycles. The van der Waals surface area contributed by atoms with E-state index in [1.165, 1.54) is 18.7 Å². The molecule has 2 amide bonds. The molecular weight excluding hydrogens is 224 g/mol. The summed E-state index contributed by atoms with van der Waals surface area (Å²) in [5, 5.41) is 11.5. The molecule has 1 rings (SSSR count). The van der Waals surface area contributed by atoms with Crippen LogP contribution in [0.1, 0.15) is 20.3 Å². The summed E-state index contributed by atoms with van der Waals surface area (Å²) in [6.45, 7) is 4.04. The monoisotopic (exact) mass is 240 g/mol. The number of carboxylic acid groups (broad SMARTS) is 1. The van der Waals surface area contributed by atoms with Crippen molar-refractivity contribution in [1.29, 1.82) is 0 Å². The van der Waals surface area contributed by atoms with Crippen molar-refractivity contribution in [1.82, 2.24) is 10.2 Å². The Morgan fingerprint density at radius 3 is 2.47 bits per heavy atom. The average Bonchev–Trinajstić information content (AvgIpc) is 2.51. The number of amides is 2. The number of nitrogens with zero attached hydrogens (tertiary/aromatic N) is 1. The van der Waals surface area contributed by atoms with E-state index < -0.39 is 5.97 Å². The first-order valence-electron chi connectivity index (χ1n) is 5.40. The van der Waals surface area contributed by atoms with E-state index >= 15 is 0 Å². The standard InChI is InChI=1S/C11H16N2O4/c1-7(8(2)11(16)17)10(15)13-5-3-9(14)12-4-6-13/h3-6H2,1-2H3,(H,12,14)(H,16,17)/b8-7-. The Bertz CT molecular complexity index is 387. The van der Waals surface area contributed by atoms with Crippen LogP contribution in [0.2, 0.25) is 0 Å². The summed E-state index contributed by atoms with van der Waals surface area (Å²) in [6, 6.07) is 0. The summed E-state index contributed by atoms with van der Waals surface area (Å²) < 4.78 is 0. The maximum absolute atomic E-state index is 12.0. The molecule has 0 radical (unpaired) electrons. The van der Waals surface area contributed by atoms with Crippen LogP contribution in [0.5, 0.6) is 0 Å². The topological polar surface area (TPSA) is 86.7 Å². The number of carbonyl (C=O) groups is 3. The quantitative estimate of drug-likeness (QED) is 0.652. The molecule has 1 aliphatic heterocycles. The van der Waals surface area contributed by atoms with Crippen molar-refractivity contribution in [2.75, 3.05) is 19.6 Å². The molecule has 0 spiro atoms. The fraction of sp³-hybridized carbons (Fsp3) is 0.545. The van der Waals surface area contributed by atoms with Gasteiger partial charge in [0.1, 0.15) is 0 Å². The van der Waals surface area contributed by atoms with Gasteiger partial charge in [0.2, 0.25) is 11.8 Å². The predicted molar refractivity (Wildman–Crippen MR) is 60.2 cm³/mol. The zero-order valence-electron chi connectivity index (χ0n) is 9.95. The second-order valence-corrected chi connectivity index (χ2v) is 3.95. The third-order valence-electron chi connectivity index (χ3n) is 2.80. The lowest BCUT2D eigenvalue weighted by Crippen LogP contribution is -2.35. The molecule has 17 heavy (non-hydrogen) atoms. The predicted octanol–water partition coefficient (Wildman–Crippen LogP) is -0.244. The molecule has 0 unspecified atom stereocenters. The Morgan fingerprint density at radius 1 is 1.24 bits per heavy atom. The van der Waals surface area contributed by atoms with Gasteiger partial charge in [-0.25, -0.2) is 4.79 Å². The van der Waals surface area contributed by atoms with Gasteiger partial charge in [-0.05, 0) is 13.8 Å². The summed E-state index contributed by atoms with van der Waals surface area (Å²) >= 11 is 0. The van der Waals surface area contributed by atoms with Gasteiger partial charge < -0.3 is 15.3 Å². The highest BCUT2D eigenvalue weighted by atomic mass is 16.4. The van der Waals surface area contributed by atoms with Crippen molar-refractivity contribution < 1.29 is 19.5 Å². The third kappa shape index (κ3) is 3.30. The van der Waals surface area contributed by atoms with Crippen LogP contribution in [-0.2, 0) is 14.4 Å². The number of aliphatic carboxylic acids is 1. The molecule has 1 aliphatic rings. The lowest BCUT2D eigenvalue weighted by molar-refractivity contribution is -0.134. The van der Waals surface area contributed by atoms with Crippen molar-refractivity contribution in [2.24, 2.45) is 0 Å². The summed E-state index contributed by atoms with van der Waals surface area (Å²) in [7, 11) is 0. The maximum Gasteiger partial charge on any atom is 0.331 e. The SMILES string of the molecule is C/C(C(=O)O)=C(\C)C(=O)N1CCNC(=O)CC1. The lowest BCUT2D eigenvalue weighted by Gasteiger charge is -2.20. The molecule has 0 aromatic rings. The van der Waals surface area contributed by atoms with E-state index in [4.69, 9.17) is 5.11 Å². The smallest absolute Gasteiger partial charge is 0.331 e. The van der Waals surface area contributed by atoms with E-state index in [0.717, 1.165) is 0 Å². The molecule has 1 heterocycles. The number of rotatable bonds is 2. The van der Waals surface area contributed by atoms with Crippen LogP contribution >= 0.6 is 0 Å². The van der Waals surface area contributed by atoms with Crippen LogP contribution < -0.4 is 5.32 Å². The van der Waals surface area contributed by atoms with Gasteiger partial charge in [-0.2, -0.15) is 0 Å². The van der Waals surface area contributed by atoms with E-state index in [2.05, 4.69) is 5.32 Å². The number of hydrogen-bond acceptors (Lipinski definition) is 3. The highest BCUT2D eigenvalue weighted by Crippen LogP contribution is 2.09. The number of carbonyl (C=O) groups excluding carboxylic acids is 2. The van der Waals surface area contributed by atoms with Crippen LogP contribution in [0.15, 0.2) is 11.1 Å². The minimum Gasteiger partial charge on any atom is -0.478 e. The maximum atomic E-state index is 12.0. The lowest BCUT2D eigenvalue weighted by atomic mass is 10.1. The normalized spacial score (nSPS) is 18.0. The van der Waals surface area contributed by atoms with Crippen LogP contribution in [0.25, 0.3) is 0 Å². The summed E-state index contributed by atoms with van der Waals surface area (Å²) in [5.41, 5.74) is 0.255. The van der Waals surface area contributed by atoms with E-state index in [1.54, 1.807) is 0 Å². The number of carboxylic acids is 1. The Morgan fingerprint density at radius 2 is 1.88 bits per heavy atom. The molecule has 1 fully saturated rings. The van der Waals surface area contributed by atoms with E-state index in [1.807, 2.05) is 0 Å². The number of nitrogens with one attached hydrogen (secondary N) is 1. The van der Waals surface area contributed by atoms with Crippen LogP contribution in [-0.4, -0.2) is 47.4 Å². The van der Waals surface area contributed by atoms with E-state index in [0.29, 0.717) is 19.6 Å². The summed E-state index contributed by atoms with van der Waals surface area (Å²) in [5.74, 6) is -1.50. The Balaban J connectivity index is 2.79. The van der Waals surface area contributed by atoms with Gasteiger partial charge in [0.25, 0.3) is 0 Å². The fourth-order valence-electron chi connectivity index (χ4n) is 1.53. The van der Waals surface area contributed by atoms with Gasteiger partial charge >= 0.3 is 5.97 Å². The van der Waals surface area contributed by atoms with Gasteiger partial charge in [0.15, 0.2) is 0 Å². The van der Waals surface area contributed by atoms with Crippen LogP contribution in [0.4, 0.5) is 0 Å². The summed E-state index contributed by atoms with van der Waals surface area (Å²) in [4.78, 5) is 35.3. The highest BCUT2D eigenvalue weighted by Gasteiger charge is 2.21. The average molecular weight is 240 g/mol. The van der Waals surface area contributed by atoms with Crippen molar-refractivity contribution in [3.63, 3.8) is 0 Å². The van der Waals surface area contributed by atoms with Crippen molar-refractivity contribution in [2.45, 2.75) is 20.3 Å². The Labute approximate surface area is 99.3 Å². The van der Waals surface area contributed by atoms with Gasteiger partial charge in [-0.1, -0.05) is 0 Å². The first kappa shape index (κ1) is 13.2. The van der Waals surface area contributed by atoms with Gasteiger partial charge in [0, 0.05) is 37.2 Å². The van der Waals surface area contributed by atoms with Gasteiger partial charge in [-0.15, -0.1) is 0 Å². The molecule has 0 atom stereocenters. The molecule has 0 aromatic heterocycles.